The average Bonchev–Trinajstić information content (AvgIpc) is 2.97. The number of amides is 1. The van der Waals surface area contributed by atoms with Gasteiger partial charge in [-0.3, -0.25) is 9.59 Å². The van der Waals surface area contributed by atoms with Gasteiger partial charge in [-0.15, -0.1) is 11.3 Å². The number of hydrogen-bond acceptors (Lipinski definition) is 6. The van der Waals surface area contributed by atoms with Crippen LogP contribution in [0.1, 0.15) is 51.7 Å². The van der Waals surface area contributed by atoms with Gasteiger partial charge in [-0.1, -0.05) is 0 Å². The summed E-state index contributed by atoms with van der Waals surface area (Å²) < 4.78 is 10.9. The molecule has 1 aromatic heterocycles. The molecule has 0 aliphatic carbocycles. The minimum atomic E-state index is -0.145. The van der Waals surface area contributed by atoms with Crippen molar-refractivity contribution in [3.05, 3.63) is 39.3 Å². The third-order valence-electron chi connectivity index (χ3n) is 4.15. The number of fused-ring (bicyclic) bond motifs is 1. The maximum atomic E-state index is 12.4. The van der Waals surface area contributed by atoms with Crippen LogP contribution in [0.2, 0.25) is 0 Å². The Labute approximate surface area is 156 Å². The molecular weight excluding hydrogens is 352 g/mol. The van der Waals surface area contributed by atoms with Gasteiger partial charge in [0.2, 0.25) is 5.91 Å². The minimum Gasteiger partial charge on any atom is -0.486 e. The molecule has 1 aromatic carbocycles. The first kappa shape index (κ1) is 18.4. The molecule has 2 heterocycles. The highest BCUT2D eigenvalue weighted by atomic mass is 32.1. The number of aromatic nitrogens is 1. The molecule has 0 saturated carbocycles. The molecule has 7 heteroatoms. The average molecular weight is 374 g/mol. The molecule has 0 spiro atoms. The molecule has 1 N–H and O–H groups in total. The molecule has 0 radical (unpaired) electrons. The Morgan fingerprint density at radius 3 is 2.62 bits per heavy atom. The molecule has 138 valence electrons. The molecule has 3 rings (SSSR count). The summed E-state index contributed by atoms with van der Waals surface area (Å²) in [6.07, 6.45) is 0.299. The van der Waals surface area contributed by atoms with E-state index in [1.54, 1.807) is 29.5 Å². The number of Topliss-reactive ketones (excluding diaryl/α,β-unsaturated/α-hetero) is 1. The molecule has 1 aliphatic heterocycles. The van der Waals surface area contributed by atoms with Crippen molar-refractivity contribution in [3.8, 4) is 11.5 Å². The van der Waals surface area contributed by atoms with Crippen LogP contribution in [0.25, 0.3) is 0 Å². The summed E-state index contributed by atoms with van der Waals surface area (Å²) in [4.78, 5) is 30.0. The highest BCUT2D eigenvalue weighted by molar-refractivity contribution is 7.11. The largest absolute Gasteiger partial charge is 0.486 e. The van der Waals surface area contributed by atoms with Gasteiger partial charge in [-0.2, -0.15) is 0 Å². The van der Waals surface area contributed by atoms with Gasteiger partial charge in [0.15, 0.2) is 17.3 Å². The van der Waals surface area contributed by atoms with E-state index in [0.717, 1.165) is 15.6 Å². The summed E-state index contributed by atoms with van der Waals surface area (Å²) in [5.41, 5.74) is 1.47. The quantitative estimate of drug-likeness (QED) is 0.785. The molecule has 0 bridgehead atoms. The predicted octanol–water partition coefficient (Wildman–Crippen LogP) is 3.37. The Morgan fingerprint density at radius 1 is 1.19 bits per heavy atom. The summed E-state index contributed by atoms with van der Waals surface area (Å²) in [5.74, 6) is 0.995. The van der Waals surface area contributed by atoms with Gasteiger partial charge in [0.25, 0.3) is 0 Å². The number of hydrogen-bond donors (Lipinski definition) is 1. The molecule has 1 aliphatic rings. The second-order valence-corrected chi connectivity index (χ2v) is 7.49. The zero-order valence-electron chi connectivity index (χ0n) is 15.1. The molecule has 1 atom stereocenters. The van der Waals surface area contributed by atoms with Crippen LogP contribution in [-0.2, 0) is 4.79 Å². The fourth-order valence-electron chi connectivity index (χ4n) is 2.92. The standard InChI is InChI=1S/C19H22N2O4S/c1-11-19(26-13(3)20-11)12(2)21-18(23)7-5-15(22)14-4-6-16-17(10-14)25-9-8-24-16/h4,6,10,12H,5,7-9H2,1-3H3,(H,21,23)/t12-/m0/s1. The highest BCUT2D eigenvalue weighted by Crippen LogP contribution is 2.31. The van der Waals surface area contributed by atoms with Crippen LogP contribution in [0.3, 0.4) is 0 Å². The third-order valence-corrected chi connectivity index (χ3v) is 5.41. The van der Waals surface area contributed by atoms with Crippen molar-refractivity contribution < 1.29 is 19.1 Å². The van der Waals surface area contributed by atoms with Crippen LogP contribution in [0.5, 0.6) is 11.5 Å². The van der Waals surface area contributed by atoms with Gasteiger partial charge in [-0.05, 0) is 39.0 Å². The van der Waals surface area contributed by atoms with Crippen LogP contribution in [0, 0.1) is 13.8 Å². The lowest BCUT2D eigenvalue weighted by atomic mass is 10.1. The van der Waals surface area contributed by atoms with E-state index in [-0.39, 0.29) is 30.6 Å². The van der Waals surface area contributed by atoms with Crippen molar-refractivity contribution in [2.75, 3.05) is 13.2 Å². The van der Waals surface area contributed by atoms with E-state index in [9.17, 15) is 9.59 Å². The van der Waals surface area contributed by atoms with E-state index in [0.29, 0.717) is 30.3 Å². The molecule has 0 saturated heterocycles. The molecule has 6 nitrogen and oxygen atoms in total. The second-order valence-electron chi connectivity index (χ2n) is 6.25. The van der Waals surface area contributed by atoms with E-state index in [1.165, 1.54) is 0 Å². The van der Waals surface area contributed by atoms with Crippen LogP contribution >= 0.6 is 11.3 Å². The van der Waals surface area contributed by atoms with E-state index in [1.807, 2.05) is 20.8 Å². The number of ether oxygens (including phenoxy) is 2. The summed E-state index contributed by atoms with van der Waals surface area (Å²) in [7, 11) is 0. The van der Waals surface area contributed by atoms with Crippen LogP contribution in [-0.4, -0.2) is 29.9 Å². The third kappa shape index (κ3) is 4.22. The molecule has 26 heavy (non-hydrogen) atoms. The molecule has 1 amide bonds. The van der Waals surface area contributed by atoms with Gasteiger partial charge < -0.3 is 14.8 Å². The molecule has 2 aromatic rings. The Balaban J connectivity index is 1.54. The van der Waals surface area contributed by atoms with Gasteiger partial charge in [0.1, 0.15) is 13.2 Å². The summed E-state index contributed by atoms with van der Waals surface area (Å²) >= 11 is 1.58. The van der Waals surface area contributed by atoms with E-state index in [4.69, 9.17) is 9.47 Å². The van der Waals surface area contributed by atoms with Gasteiger partial charge in [0.05, 0.1) is 16.7 Å². The smallest absolute Gasteiger partial charge is 0.220 e. The summed E-state index contributed by atoms with van der Waals surface area (Å²) in [6.45, 7) is 6.80. The zero-order valence-corrected chi connectivity index (χ0v) is 15.9. The monoisotopic (exact) mass is 374 g/mol. The Bertz CT molecular complexity index is 831. The zero-order chi connectivity index (χ0) is 18.7. The fraction of sp³-hybridized carbons (Fsp3) is 0.421. The first-order valence-electron chi connectivity index (χ1n) is 8.60. The molecule has 0 unspecified atom stereocenters. The summed E-state index contributed by atoms with van der Waals surface area (Å²) in [5, 5.41) is 3.92. The topological polar surface area (TPSA) is 77.5 Å². The van der Waals surface area contributed by atoms with Crippen molar-refractivity contribution in [3.63, 3.8) is 0 Å². The maximum absolute atomic E-state index is 12.4. The number of carbonyl (C=O) groups is 2. The lowest BCUT2D eigenvalue weighted by Crippen LogP contribution is -2.26. The van der Waals surface area contributed by atoms with Crippen molar-refractivity contribution >= 4 is 23.0 Å². The number of thiazole rings is 1. The number of aryl methyl sites for hydroxylation is 2. The Morgan fingerprint density at radius 2 is 1.92 bits per heavy atom. The highest BCUT2D eigenvalue weighted by Gasteiger charge is 2.18. The molecule has 0 fully saturated rings. The van der Waals surface area contributed by atoms with Crippen LogP contribution < -0.4 is 14.8 Å². The minimum absolute atomic E-state index is 0.0883. The predicted molar refractivity (Wildman–Crippen MR) is 99.1 cm³/mol. The first-order chi connectivity index (χ1) is 12.4. The van der Waals surface area contributed by atoms with Crippen molar-refractivity contribution in [2.24, 2.45) is 0 Å². The normalized spacial score (nSPS) is 14.0. The van der Waals surface area contributed by atoms with Gasteiger partial charge in [-0.25, -0.2) is 4.98 Å². The van der Waals surface area contributed by atoms with Gasteiger partial charge >= 0.3 is 0 Å². The number of ketones is 1. The van der Waals surface area contributed by atoms with Gasteiger partial charge in [0, 0.05) is 23.3 Å². The lowest BCUT2D eigenvalue weighted by molar-refractivity contribution is -0.121. The van der Waals surface area contributed by atoms with E-state index < -0.39 is 0 Å². The summed E-state index contributed by atoms with van der Waals surface area (Å²) in [6, 6.07) is 5.01. The fourth-order valence-corrected chi connectivity index (χ4v) is 3.85. The first-order valence-corrected chi connectivity index (χ1v) is 9.42. The SMILES string of the molecule is Cc1nc(C)c([C@H](C)NC(=O)CCC(=O)c2ccc3c(c2)OCCO3)s1. The maximum Gasteiger partial charge on any atom is 0.220 e. The lowest BCUT2D eigenvalue weighted by Gasteiger charge is -2.18. The number of rotatable bonds is 6. The van der Waals surface area contributed by atoms with Crippen molar-refractivity contribution in [1.29, 1.82) is 0 Å². The number of nitrogens with zero attached hydrogens (tertiary/aromatic N) is 1. The van der Waals surface area contributed by atoms with E-state index in [2.05, 4.69) is 10.3 Å². The van der Waals surface area contributed by atoms with Crippen LogP contribution in [0.4, 0.5) is 0 Å². The number of benzene rings is 1. The Kier molecular flexibility index (Phi) is 5.56. The number of nitrogens with one attached hydrogen (secondary N) is 1. The van der Waals surface area contributed by atoms with E-state index >= 15 is 0 Å². The van der Waals surface area contributed by atoms with Crippen molar-refractivity contribution in [2.45, 2.75) is 39.7 Å². The molecular formula is C19H22N2O4S. The van der Waals surface area contributed by atoms with Crippen molar-refractivity contribution in [1.82, 2.24) is 10.3 Å². The number of carbonyl (C=O) groups excluding carboxylic acids is 2. The van der Waals surface area contributed by atoms with Crippen LogP contribution in [0.15, 0.2) is 18.2 Å². The second kappa shape index (κ2) is 7.86. The Hall–Kier alpha value is -2.41.